The summed E-state index contributed by atoms with van der Waals surface area (Å²) < 4.78 is 10.8. The maximum absolute atomic E-state index is 13.2. The van der Waals surface area contributed by atoms with E-state index >= 15 is 0 Å². The Balaban J connectivity index is 1.19. The second-order valence-electron chi connectivity index (χ2n) is 9.46. The fourth-order valence-electron chi connectivity index (χ4n) is 4.90. The third-order valence-electron chi connectivity index (χ3n) is 7.20. The molecular formula is C27H30N4O4. The topological polar surface area (TPSA) is 88.8 Å². The molecule has 0 bridgehead atoms. The number of likely N-dealkylation sites (tertiary alicyclic amines) is 1. The van der Waals surface area contributed by atoms with Gasteiger partial charge in [0.2, 0.25) is 23.5 Å². The van der Waals surface area contributed by atoms with Gasteiger partial charge in [-0.2, -0.15) is 4.98 Å². The van der Waals surface area contributed by atoms with Crippen LogP contribution >= 0.6 is 0 Å². The number of aromatic nitrogens is 2. The molecule has 3 aromatic rings. The minimum atomic E-state index is -0.302. The van der Waals surface area contributed by atoms with Crippen LogP contribution in [0, 0.1) is 19.8 Å². The van der Waals surface area contributed by atoms with Gasteiger partial charge in [-0.1, -0.05) is 23.4 Å². The summed E-state index contributed by atoms with van der Waals surface area (Å²) in [5, 5.41) is 4.15. The predicted molar refractivity (Wildman–Crippen MR) is 131 cm³/mol. The largest absolute Gasteiger partial charge is 0.497 e. The molecule has 2 aliphatic rings. The normalized spacial score (nSPS) is 18.8. The first-order valence-corrected chi connectivity index (χ1v) is 12.1. The van der Waals surface area contributed by atoms with Gasteiger partial charge < -0.3 is 19.1 Å². The van der Waals surface area contributed by atoms with Crippen molar-refractivity contribution in [1.29, 1.82) is 0 Å². The summed E-state index contributed by atoms with van der Waals surface area (Å²) in [6.07, 6.45) is 1.78. The number of nitrogens with zero attached hydrogens (tertiary/aromatic N) is 4. The van der Waals surface area contributed by atoms with Crippen molar-refractivity contribution in [3.05, 3.63) is 59.5 Å². The highest BCUT2D eigenvalue weighted by Crippen LogP contribution is 2.32. The van der Waals surface area contributed by atoms with Gasteiger partial charge in [0.05, 0.1) is 13.0 Å². The monoisotopic (exact) mass is 474 g/mol. The smallest absolute Gasteiger partial charge is 0.230 e. The number of carbonyl (C=O) groups excluding carboxylic acids is 2. The van der Waals surface area contributed by atoms with Crippen LogP contribution in [0.3, 0.4) is 0 Å². The molecule has 5 rings (SSSR count). The summed E-state index contributed by atoms with van der Waals surface area (Å²) >= 11 is 0. The number of rotatable bonds is 5. The standard InChI is InChI=1S/C27H30N4O4/c1-17-7-8-22(13-18(17)2)31-16-21(15-24(31)32)27(33)30-11-9-19(10-12-30)26-28-25(29-35-26)20-5-4-6-23(14-20)34-3/h4-8,13-14,19,21H,9-12,15-16H2,1-3H3/t21-/m0/s1. The van der Waals surface area contributed by atoms with Crippen molar-refractivity contribution in [1.82, 2.24) is 15.0 Å². The molecular weight excluding hydrogens is 444 g/mol. The molecule has 35 heavy (non-hydrogen) atoms. The van der Waals surface area contributed by atoms with Gasteiger partial charge >= 0.3 is 0 Å². The molecule has 8 nitrogen and oxygen atoms in total. The number of hydrogen-bond acceptors (Lipinski definition) is 6. The Kier molecular flexibility index (Phi) is 6.28. The third-order valence-corrected chi connectivity index (χ3v) is 7.20. The summed E-state index contributed by atoms with van der Waals surface area (Å²) in [6, 6.07) is 13.6. The molecule has 1 aromatic heterocycles. The minimum absolute atomic E-state index is 0.0115. The van der Waals surface area contributed by atoms with E-state index in [1.54, 1.807) is 12.0 Å². The van der Waals surface area contributed by atoms with Crippen LogP contribution in [0.15, 0.2) is 47.0 Å². The zero-order valence-electron chi connectivity index (χ0n) is 20.4. The van der Waals surface area contributed by atoms with Crippen LogP contribution in [0.1, 0.15) is 42.2 Å². The SMILES string of the molecule is COc1cccc(-c2noc(C3CCN(C(=O)[C@H]4CC(=O)N(c5ccc(C)c(C)c5)C4)CC3)n2)c1. The molecule has 8 heteroatoms. The lowest BCUT2D eigenvalue weighted by Crippen LogP contribution is -2.42. The van der Waals surface area contributed by atoms with E-state index in [0.717, 1.165) is 35.4 Å². The molecule has 1 atom stereocenters. The molecule has 2 fully saturated rings. The van der Waals surface area contributed by atoms with Crippen LogP contribution in [-0.2, 0) is 9.59 Å². The lowest BCUT2D eigenvalue weighted by Gasteiger charge is -2.32. The van der Waals surface area contributed by atoms with E-state index in [2.05, 4.69) is 17.1 Å². The van der Waals surface area contributed by atoms with E-state index < -0.39 is 0 Å². The molecule has 0 saturated carbocycles. The van der Waals surface area contributed by atoms with Crippen molar-refractivity contribution >= 4 is 17.5 Å². The van der Waals surface area contributed by atoms with Gasteiger partial charge in [0.25, 0.3) is 0 Å². The number of methoxy groups -OCH3 is 1. The molecule has 2 aliphatic heterocycles. The molecule has 182 valence electrons. The quantitative estimate of drug-likeness (QED) is 0.553. The predicted octanol–water partition coefficient (Wildman–Crippen LogP) is 4.12. The second-order valence-corrected chi connectivity index (χ2v) is 9.46. The fourth-order valence-corrected chi connectivity index (χ4v) is 4.90. The number of amides is 2. The maximum Gasteiger partial charge on any atom is 0.230 e. The molecule has 2 aromatic carbocycles. The highest BCUT2D eigenvalue weighted by molar-refractivity contribution is 6.00. The van der Waals surface area contributed by atoms with Crippen molar-refractivity contribution in [2.75, 3.05) is 31.6 Å². The van der Waals surface area contributed by atoms with Crippen LogP contribution < -0.4 is 9.64 Å². The Morgan fingerprint density at radius 1 is 1.09 bits per heavy atom. The van der Waals surface area contributed by atoms with E-state index in [0.29, 0.717) is 31.3 Å². The van der Waals surface area contributed by atoms with Gasteiger partial charge in [-0.15, -0.1) is 0 Å². The van der Waals surface area contributed by atoms with Crippen LogP contribution in [0.2, 0.25) is 0 Å². The fraction of sp³-hybridized carbons (Fsp3) is 0.407. The third kappa shape index (κ3) is 4.65. The average Bonchev–Trinajstić information content (AvgIpc) is 3.53. The number of aryl methyl sites for hydroxylation is 2. The molecule has 0 radical (unpaired) electrons. The summed E-state index contributed by atoms with van der Waals surface area (Å²) in [5.41, 5.74) is 4.04. The van der Waals surface area contributed by atoms with Crippen molar-refractivity contribution in [2.45, 2.75) is 39.0 Å². The summed E-state index contributed by atoms with van der Waals surface area (Å²) in [7, 11) is 1.62. The first kappa shape index (κ1) is 23.1. The lowest BCUT2D eigenvalue weighted by atomic mass is 9.95. The van der Waals surface area contributed by atoms with Crippen LogP contribution in [0.4, 0.5) is 5.69 Å². The lowest BCUT2D eigenvalue weighted by molar-refractivity contribution is -0.136. The van der Waals surface area contributed by atoms with Gasteiger partial charge in [0.1, 0.15) is 5.75 Å². The number of piperidine rings is 1. The summed E-state index contributed by atoms with van der Waals surface area (Å²) in [6.45, 7) is 5.76. The number of benzene rings is 2. The minimum Gasteiger partial charge on any atom is -0.497 e. The molecule has 3 heterocycles. The zero-order chi connectivity index (χ0) is 24.5. The zero-order valence-corrected chi connectivity index (χ0v) is 20.4. The molecule has 0 unspecified atom stereocenters. The Morgan fingerprint density at radius 2 is 1.89 bits per heavy atom. The highest BCUT2D eigenvalue weighted by Gasteiger charge is 2.38. The van der Waals surface area contributed by atoms with Gasteiger partial charge in [-0.3, -0.25) is 9.59 Å². The first-order valence-electron chi connectivity index (χ1n) is 12.1. The number of ether oxygens (including phenoxy) is 1. The van der Waals surface area contributed by atoms with Gasteiger partial charge in [0.15, 0.2) is 0 Å². The van der Waals surface area contributed by atoms with Crippen molar-refractivity contribution in [3.63, 3.8) is 0 Å². The highest BCUT2D eigenvalue weighted by atomic mass is 16.5. The van der Waals surface area contributed by atoms with Crippen LogP contribution in [0.25, 0.3) is 11.4 Å². The van der Waals surface area contributed by atoms with Crippen molar-refractivity contribution in [3.8, 4) is 17.1 Å². The van der Waals surface area contributed by atoms with Gasteiger partial charge in [-0.05, 0) is 62.1 Å². The molecule has 2 amide bonds. The summed E-state index contributed by atoms with van der Waals surface area (Å²) in [5.74, 6) is 1.76. The van der Waals surface area contributed by atoms with Crippen molar-refractivity contribution in [2.24, 2.45) is 5.92 Å². The van der Waals surface area contributed by atoms with Gasteiger partial charge in [-0.25, -0.2) is 0 Å². The van der Waals surface area contributed by atoms with E-state index in [1.807, 2.05) is 54.3 Å². The number of carbonyl (C=O) groups is 2. The summed E-state index contributed by atoms with van der Waals surface area (Å²) in [4.78, 5) is 34.1. The Morgan fingerprint density at radius 3 is 2.63 bits per heavy atom. The number of hydrogen-bond donors (Lipinski definition) is 0. The van der Waals surface area contributed by atoms with Crippen molar-refractivity contribution < 1.29 is 18.8 Å². The molecule has 0 spiro atoms. The van der Waals surface area contributed by atoms with E-state index in [4.69, 9.17) is 9.26 Å². The van der Waals surface area contributed by atoms with Crippen LogP contribution in [-0.4, -0.2) is 53.6 Å². The molecule has 0 N–H and O–H groups in total. The van der Waals surface area contributed by atoms with Gasteiger partial charge in [0, 0.05) is 43.2 Å². The Bertz CT molecular complexity index is 1250. The average molecular weight is 475 g/mol. The first-order chi connectivity index (χ1) is 16.9. The molecule has 2 saturated heterocycles. The van der Waals surface area contributed by atoms with Crippen LogP contribution in [0.5, 0.6) is 5.75 Å². The van der Waals surface area contributed by atoms with E-state index in [1.165, 1.54) is 5.56 Å². The molecule has 0 aliphatic carbocycles. The second kappa shape index (κ2) is 9.52. The number of anilines is 1. The maximum atomic E-state index is 13.2. The Labute approximate surface area is 204 Å². The van der Waals surface area contributed by atoms with E-state index in [9.17, 15) is 9.59 Å². The Hall–Kier alpha value is -3.68. The van der Waals surface area contributed by atoms with E-state index in [-0.39, 0.29) is 30.1 Å².